The number of fused-ring (bicyclic) bond motifs is 1. The fourth-order valence-corrected chi connectivity index (χ4v) is 3.38. The molecule has 2 aromatic rings. The molecule has 0 spiro atoms. The standard InChI is InChI=1S/C21H28N4O3/c1-14-11-25(15(2)13-26)21(27)18-9-17(16-5-7-22-8-6-16)10-23-20(18)28-19(14)12-24(3)4/h5-10,14-15,19,26H,11-13H2,1-4H3/t14-,15+,19+/m0/s1. The lowest BCUT2D eigenvalue weighted by molar-refractivity contribution is 0.0348. The Morgan fingerprint density at radius 3 is 2.68 bits per heavy atom. The third-order valence-electron chi connectivity index (χ3n) is 5.08. The molecule has 0 saturated heterocycles. The summed E-state index contributed by atoms with van der Waals surface area (Å²) in [5, 5.41) is 9.69. The van der Waals surface area contributed by atoms with Crippen LogP contribution in [0.4, 0.5) is 0 Å². The smallest absolute Gasteiger partial charge is 0.259 e. The van der Waals surface area contributed by atoms with Crippen LogP contribution in [-0.2, 0) is 0 Å². The fraction of sp³-hybridized carbons (Fsp3) is 0.476. The van der Waals surface area contributed by atoms with Gasteiger partial charge in [0, 0.05) is 43.2 Å². The van der Waals surface area contributed by atoms with E-state index in [1.807, 2.05) is 39.2 Å². The highest BCUT2D eigenvalue weighted by Crippen LogP contribution is 2.30. The van der Waals surface area contributed by atoms with Gasteiger partial charge in [-0.1, -0.05) is 6.92 Å². The molecule has 0 saturated carbocycles. The second-order valence-corrected chi connectivity index (χ2v) is 7.70. The number of nitrogens with zero attached hydrogens (tertiary/aromatic N) is 4. The summed E-state index contributed by atoms with van der Waals surface area (Å²) in [5.74, 6) is 0.265. The van der Waals surface area contributed by atoms with Gasteiger partial charge in [-0.25, -0.2) is 4.98 Å². The average Bonchev–Trinajstić information content (AvgIpc) is 2.70. The highest BCUT2D eigenvalue weighted by molar-refractivity contribution is 5.98. The third kappa shape index (κ3) is 4.31. The number of ether oxygens (including phenoxy) is 1. The predicted octanol–water partition coefficient (Wildman–Crippen LogP) is 1.93. The molecule has 0 aliphatic carbocycles. The molecule has 150 valence electrons. The van der Waals surface area contributed by atoms with Gasteiger partial charge in [-0.2, -0.15) is 0 Å². The van der Waals surface area contributed by atoms with E-state index in [0.717, 1.165) is 11.1 Å². The molecule has 1 aliphatic rings. The Balaban J connectivity index is 2.06. The number of likely N-dealkylation sites (N-methyl/N-ethyl adjacent to an activating group) is 1. The van der Waals surface area contributed by atoms with Gasteiger partial charge in [-0.05, 0) is 44.8 Å². The second-order valence-electron chi connectivity index (χ2n) is 7.70. The Bertz CT molecular complexity index is 813. The summed E-state index contributed by atoms with van der Waals surface area (Å²) in [4.78, 5) is 25.6. The van der Waals surface area contributed by atoms with E-state index in [-0.39, 0.29) is 30.6 Å². The fourth-order valence-electron chi connectivity index (χ4n) is 3.38. The number of hydrogen-bond donors (Lipinski definition) is 1. The number of aliphatic hydroxyl groups is 1. The first kappa shape index (κ1) is 20.2. The summed E-state index contributed by atoms with van der Waals surface area (Å²) in [6.45, 7) is 5.05. The molecule has 28 heavy (non-hydrogen) atoms. The Kier molecular flexibility index (Phi) is 6.26. The summed E-state index contributed by atoms with van der Waals surface area (Å²) < 4.78 is 6.21. The zero-order valence-corrected chi connectivity index (χ0v) is 16.9. The topological polar surface area (TPSA) is 78.8 Å². The molecule has 3 atom stereocenters. The third-order valence-corrected chi connectivity index (χ3v) is 5.08. The first-order chi connectivity index (χ1) is 13.4. The van der Waals surface area contributed by atoms with Gasteiger partial charge < -0.3 is 19.6 Å². The van der Waals surface area contributed by atoms with Crippen molar-refractivity contribution in [1.29, 1.82) is 0 Å². The SMILES string of the molecule is C[C@H](CO)N1C[C@H](C)[C@@H](CN(C)C)Oc2ncc(-c3ccncc3)cc2C1=O. The van der Waals surface area contributed by atoms with Crippen LogP contribution in [-0.4, -0.2) is 76.7 Å². The molecule has 7 heteroatoms. The highest BCUT2D eigenvalue weighted by atomic mass is 16.5. The van der Waals surface area contributed by atoms with Gasteiger partial charge in [0.2, 0.25) is 5.88 Å². The summed E-state index contributed by atoms with van der Waals surface area (Å²) in [6.07, 6.45) is 5.02. The van der Waals surface area contributed by atoms with E-state index in [1.165, 1.54) is 0 Å². The normalized spacial score (nSPS) is 20.9. The lowest BCUT2D eigenvalue weighted by Crippen LogP contribution is -2.49. The first-order valence-corrected chi connectivity index (χ1v) is 9.54. The maximum atomic E-state index is 13.3. The van der Waals surface area contributed by atoms with Crippen LogP contribution < -0.4 is 4.74 Å². The zero-order chi connectivity index (χ0) is 20.3. The summed E-state index contributed by atoms with van der Waals surface area (Å²) in [6, 6.07) is 5.29. The highest BCUT2D eigenvalue weighted by Gasteiger charge is 2.33. The van der Waals surface area contributed by atoms with Crippen LogP contribution in [0, 0.1) is 5.92 Å². The maximum absolute atomic E-state index is 13.3. The molecule has 7 nitrogen and oxygen atoms in total. The van der Waals surface area contributed by atoms with Crippen molar-refractivity contribution < 1.29 is 14.6 Å². The molecule has 3 rings (SSSR count). The predicted molar refractivity (Wildman–Crippen MR) is 107 cm³/mol. The Morgan fingerprint density at radius 2 is 2.04 bits per heavy atom. The summed E-state index contributed by atoms with van der Waals surface area (Å²) >= 11 is 0. The van der Waals surface area contributed by atoms with Gasteiger partial charge in [0.25, 0.3) is 5.91 Å². The number of aromatic nitrogens is 2. The van der Waals surface area contributed by atoms with Gasteiger partial charge in [0.1, 0.15) is 11.7 Å². The van der Waals surface area contributed by atoms with Gasteiger partial charge in [-0.15, -0.1) is 0 Å². The van der Waals surface area contributed by atoms with Crippen LogP contribution in [0.3, 0.4) is 0 Å². The molecule has 0 fully saturated rings. The second kappa shape index (κ2) is 8.67. The van der Waals surface area contributed by atoms with Gasteiger partial charge in [0.15, 0.2) is 0 Å². The molecule has 0 aromatic carbocycles. The Hall–Kier alpha value is -2.51. The number of hydrogen-bond acceptors (Lipinski definition) is 6. The largest absolute Gasteiger partial charge is 0.472 e. The monoisotopic (exact) mass is 384 g/mol. The molecule has 0 bridgehead atoms. The van der Waals surface area contributed by atoms with Crippen LogP contribution in [0.25, 0.3) is 11.1 Å². The maximum Gasteiger partial charge on any atom is 0.259 e. The average molecular weight is 384 g/mol. The minimum Gasteiger partial charge on any atom is -0.472 e. The molecule has 2 aromatic heterocycles. The summed E-state index contributed by atoms with van der Waals surface area (Å²) in [5.41, 5.74) is 2.18. The van der Waals surface area contributed by atoms with Crippen molar-refractivity contribution in [3.05, 3.63) is 42.4 Å². The lowest BCUT2D eigenvalue weighted by Gasteiger charge is -2.37. The number of carbonyl (C=O) groups is 1. The van der Waals surface area contributed by atoms with Crippen molar-refractivity contribution in [3.63, 3.8) is 0 Å². The van der Waals surface area contributed by atoms with Gasteiger partial charge >= 0.3 is 0 Å². The van der Waals surface area contributed by atoms with Crippen LogP contribution in [0.15, 0.2) is 36.8 Å². The van der Waals surface area contributed by atoms with Gasteiger partial charge in [-0.3, -0.25) is 9.78 Å². The lowest BCUT2D eigenvalue weighted by atomic mass is 9.99. The number of rotatable bonds is 5. The van der Waals surface area contributed by atoms with Gasteiger partial charge in [0.05, 0.1) is 12.6 Å². The zero-order valence-electron chi connectivity index (χ0n) is 16.9. The number of pyridine rings is 2. The van der Waals surface area contributed by atoms with Crippen molar-refractivity contribution in [2.24, 2.45) is 5.92 Å². The van der Waals surface area contributed by atoms with E-state index in [2.05, 4.69) is 21.8 Å². The quantitative estimate of drug-likeness (QED) is 0.849. The van der Waals surface area contributed by atoms with E-state index in [1.54, 1.807) is 23.5 Å². The Morgan fingerprint density at radius 1 is 1.32 bits per heavy atom. The van der Waals surface area contributed by atoms with Crippen molar-refractivity contribution >= 4 is 5.91 Å². The molecular formula is C21H28N4O3. The molecule has 0 unspecified atom stereocenters. The minimum atomic E-state index is -0.287. The van der Waals surface area contributed by atoms with E-state index in [4.69, 9.17) is 4.74 Å². The van der Waals surface area contributed by atoms with Crippen LogP contribution in [0.1, 0.15) is 24.2 Å². The molecule has 3 heterocycles. The molecule has 1 amide bonds. The van der Waals surface area contributed by atoms with E-state index in [0.29, 0.717) is 24.5 Å². The van der Waals surface area contributed by atoms with Crippen LogP contribution in [0.5, 0.6) is 5.88 Å². The first-order valence-electron chi connectivity index (χ1n) is 9.54. The number of carbonyl (C=O) groups excluding carboxylic acids is 1. The van der Waals surface area contributed by atoms with Crippen LogP contribution in [0.2, 0.25) is 0 Å². The summed E-state index contributed by atoms with van der Waals surface area (Å²) in [7, 11) is 3.99. The van der Waals surface area contributed by atoms with Crippen molar-refractivity contribution in [3.8, 4) is 17.0 Å². The van der Waals surface area contributed by atoms with Crippen molar-refractivity contribution in [1.82, 2.24) is 19.8 Å². The molecule has 0 radical (unpaired) electrons. The van der Waals surface area contributed by atoms with E-state index >= 15 is 0 Å². The van der Waals surface area contributed by atoms with Crippen molar-refractivity contribution in [2.75, 3.05) is 33.8 Å². The van der Waals surface area contributed by atoms with E-state index < -0.39 is 0 Å². The molecule has 1 aliphatic heterocycles. The van der Waals surface area contributed by atoms with Crippen LogP contribution >= 0.6 is 0 Å². The van der Waals surface area contributed by atoms with Crippen molar-refractivity contribution in [2.45, 2.75) is 26.0 Å². The number of amides is 1. The molecule has 1 N–H and O–H groups in total. The number of aliphatic hydroxyl groups excluding tert-OH is 1. The van der Waals surface area contributed by atoms with E-state index in [9.17, 15) is 9.90 Å². The minimum absolute atomic E-state index is 0.0928. The molecular weight excluding hydrogens is 356 g/mol. The Labute approximate surface area is 166 Å².